The number of hydrogen-bond acceptors (Lipinski definition) is 2. The van der Waals surface area contributed by atoms with E-state index in [4.69, 9.17) is 0 Å². The molecule has 17 heavy (non-hydrogen) atoms. The summed E-state index contributed by atoms with van der Waals surface area (Å²) in [6.07, 6.45) is 8.32. The Labute approximate surface area is 108 Å². The van der Waals surface area contributed by atoms with E-state index in [0.717, 1.165) is 24.5 Å². The van der Waals surface area contributed by atoms with Crippen molar-refractivity contribution in [1.29, 1.82) is 0 Å². The van der Waals surface area contributed by atoms with Crippen LogP contribution in [-0.2, 0) is 0 Å². The highest BCUT2D eigenvalue weighted by Gasteiger charge is 2.24. The van der Waals surface area contributed by atoms with E-state index in [-0.39, 0.29) is 0 Å². The molecule has 0 amide bonds. The van der Waals surface area contributed by atoms with Gasteiger partial charge in [0.05, 0.1) is 0 Å². The Morgan fingerprint density at radius 2 is 1.88 bits per heavy atom. The fourth-order valence-corrected chi connectivity index (χ4v) is 2.91. The summed E-state index contributed by atoms with van der Waals surface area (Å²) in [6, 6.07) is 1.59. The van der Waals surface area contributed by atoms with Crippen LogP contribution in [0.1, 0.15) is 59.3 Å². The molecule has 1 N–H and O–H groups in total. The van der Waals surface area contributed by atoms with Crippen LogP contribution in [0.3, 0.4) is 0 Å². The van der Waals surface area contributed by atoms with Crippen LogP contribution in [0.25, 0.3) is 0 Å². The summed E-state index contributed by atoms with van der Waals surface area (Å²) in [4.78, 5) is 2.64. The molecular formula is C15H32N2. The molecule has 0 aliphatic heterocycles. The Morgan fingerprint density at radius 3 is 2.47 bits per heavy atom. The summed E-state index contributed by atoms with van der Waals surface area (Å²) >= 11 is 0. The average Bonchev–Trinajstić information content (AvgIpc) is 2.34. The second-order valence-electron chi connectivity index (χ2n) is 5.92. The number of nitrogens with one attached hydrogen (secondary N) is 1. The highest BCUT2D eigenvalue weighted by molar-refractivity contribution is 4.79. The Kier molecular flexibility index (Phi) is 7.14. The molecular weight excluding hydrogens is 208 g/mol. The SMILES string of the molecule is CCNCCCC(C)N(C)C1CCC(C)CC1. The molecule has 1 atom stereocenters. The normalized spacial score (nSPS) is 27.4. The van der Waals surface area contributed by atoms with Gasteiger partial charge in [0.15, 0.2) is 0 Å². The standard InChI is InChI=1S/C15H32N2/c1-5-16-12-6-7-14(3)17(4)15-10-8-13(2)9-11-15/h13-16H,5-12H2,1-4H3. The Balaban J connectivity index is 2.19. The van der Waals surface area contributed by atoms with Crippen molar-refractivity contribution in [3.8, 4) is 0 Å². The van der Waals surface area contributed by atoms with E-state index in [9.17, 15) is 0 Å². The van der Waals surface area contributed by atoms with Gasteiger partial charge in [-0.3, -0.25) is 0 Å². The van der Waals surface area contributed by atoms with Crippen LogP contribution < -0.4 is 5.32 Å². The van der Waals surface area contributed by atoms with Gasteiger partial charge in [-0.25, -0.2) is 0 Å². The fraction of sp³-hybridized carbons (Fsp3) is 1.00. The number of rotatable bonds is 7. The van der Waals surface area contributed by atoms with Crippen LogP contribution in [0, 0.1) is 5.92 Å². The maximum atomic E-state index is 3.41. The zero-order valence-corrected chi connectivity index (χ0v) is 12.3. The summed E-state index contributed by atoms with van der Waals surface area (Å²) < 4.78 is 0. The van der Waals surface area contributed by atoms with E-state index < -0.39 is 0 Å². The first-order chi connectivity index (χ1) is 8.15. The zero-order valence-electron chi connectivity index (χ0n) is 12.3. The third-order valence-electron chi connectivity index (χ3n) is 4.48. The summed E-state index contributed by atoms with van der Waals surface area (Å²) in [6.45, 7) is 9.25. The monoisotopic (exact) mass is 240 g/mol. The quantitative estimate of drug-likeness (QED) is 0.687. The third-order valence-corrected chi connectivity index (χ3v) is 4.48. The molecule has 1 saturated carbocycles. The predicted molar refractivity (Wildman–Crippen MR) is 76.4 cm³/mol. The molecule has 1 aliphatic carbocycles. The second kappa shape index (κ2) is 8.10. The molecule has 102 valence electrons. The van der Waals surface area contributed by atoms with Crippen molar-refractivity contribution < 1.29 is 0 Å². The molecule has 0 radical (unpaired) electrons. The summed E-state index contributed by atoms with van der Waals surface area (Å²) in [5.74, 6) is 0.962. The predicted octanol–water partition coefficient (Wildman–Crippen LogP) is 3.28. The van der Waals surface area contributed by atoms with Gasteiger partial charge < -0.3 is 10.2 Å². The summed E-state index contributed by atoms with van der Waals surface area (Å²) in [5.41, 5.74) is 0. The van der Waals surface area contributed by atoms with Gasteiger partial charge in [-0.2, -0.15) is 0 Å². The Bertz CT molecular complexity index is 185. The van der Waals surface area contributed by atoms with Gasteiger partial charge in [0.25, 0.3) is 0 Å². The number of nitrogens with zero attached hydrogens (tertiary/aromatic N) is 1. The molecule has 0 saturated heterocycles. The molecule has 0 aromatic rings. The van der Waals surface area contributed by atoms with Crippen molar-refractivity contribution in [2.45, 2.75) is 71.4 Å². The molecule has 0 heterocycles. The Hall–Kier alpha value is -0.0800. The van der Waals surface area contributed by atoms with Crippen molar-refractivity contribution in [3.05, 3.63) is 0 Å². The second-order valence-corrected chi connectivity index (χ2v) is 5.92. The molecule has 0 bridgehead atoms. The minimum absolute atomic E-state index is 0.743. The van der Waals surface area contributed by atoms with Crippen LogP contribution in [0.15, 0.2) is 0 Å². The smallest absolute Gasteiger partial charge is 0.00952 e. The van der Waals surface area contributed by atoms with Gasteiger partial charge in [0.2, 0.25) is 0 Å². The first kappa shape index (κ1) is 15.0. The van der Waals surface area contributed by atoms with Gasteiger partial charge in [-0.1, -0.05) is 13.8 Å². The topological polar surface area (TPSA) is 15.3 Å². The van der Waals surface area contributed by atoms with Crippen molar-refractivity contribution in [2.24, 2.45) is 5.92 Å². The maximum absolute atomic E-state index is 3.41. The van der Waals surface area contributed by atoms with Crippen LogP contribution in [0.4, 0.5) is 0 Å². The van der Waals surface area contributed by atoms with E-state index in [1.165, 1.54) is 45.1 Å². The maximum Gasteiger partial charge on any atom is 0.00952 e. The van der Waals surface area contributed by atoms with Crippen molar-refractivity contribution in [2.75, 3.05) is 20.1 Å². The van der Waals surface area contributed by atoms with Gasteiger partial charge in [0.1, 0.15) is 0 Å². The van der Waals surface area contributed by atoms with Gasteiger partial charge in [-0.15, -0.1) is 0 Å². The average molecular weight is 240 g/mol. The van der Waals surface area contributed by atoms with Gasteiger partial charge >= 0.3 is 0 Å². The highest BCUT2D eigenvalue weighted by atomic mass is 15.2. The lowest BCUT2D eigenvalue weighted by atomic mass is 9.86. The van der Waals surface area contributed by atoms with E-state index >= 15 is 0 Å². The molecule has 0 aromatic heterocycles. The van der Waals surface area contributed by atoms with Gasteiger partial charge in [-0.05, 0) is 71.5 Å². The molecule has 2 heteroatoms. The zero-order chi connectivity index (χ0) is 12.7. The van der Waals surface area contributed by atoms with Crippen LogP contribution in [0.5, 0.6) is 0 Å². The van der Waals surface area contributed by atoms with Crippen molar-refractivity contribution in [3.63, 3.8) is 0 Å². The largest absolute Gasteiger partial charge is 0.317 e. The summed E-state index contributed by atoms with van der Waals surface area (Å²) in [7, 11) is 2.33. The number of hydrogen-bond donors (Lipinski definition) is 1. The van der Waals surface area contributed by atoms with Crippen LogP contribution in [0.2, 0.25) is 0 Å². The molecule has 0 spiro atoms. The molecule has 0 aromatic carbocycles. The van der Waals surface area contributed by atoms with Crippen molar-refractivity contribution >= 4 is 0 Å². The van der Waals surface area contributed by atoms with Gasteiger partial charge in [0, 0.05) is 12.1 Å². The minimum atomic E-state index is 0.743. The fourth-order valence-electron chi connectivity index (χ4n) is 2.91. The minimum Gasteiger partial charge on any atom is -0.317 e. The van der Waals surface area contributed by atoms with Crippen LogP contribution >= 0.6 is 0 Å². The van der Waals surface area contributed by atoms with Crippen molar-refractivity contribution in [1.82, 2.24) is 10.2 Å². The molecule has 1 aliphatic rings. The summed E-state index contributed by atoms with van der Waals surface area (Å²) in [5, 5.41) is 3.41. The molecule has 2 nitrogen and oxygen atoms in total. The molecule has 1 unspecified atom stereocenters. The lowest BCUT2D eigenvalue weighted by molar-refractivity contribution is 0.125. The van der Waals surface area contributed by atoms with E-state index in [1.54, 1.807) is 0 Å². The highest BCUT2D eigenvalue weighted by Crippen LogP contribution is 2.27. The lowest BCUT2D eigenvalue weighted by Gasteiger charge is -2.37. The molecule has 1 rings (SSSR count). The first-order valence-corrected chi connectivity index (χ1v) is 7.57. The molecule has 1 fully saturated rings. The van der Waals surface area contributed by atoms with E-state index in [2.05, 4.69) is 38.0 Å². The Morgan fingerprint density at radius 1 is 1.24 bits per heavy atom. The lowest BCUT2D eigenvalue weighted by Crippen LogP contribution is -2.40. The van der Waals surface area contributed by atoms with Crippen LogP contribution in [-0.4, -0.2) is 37.1 Å². The third kappa shape index (κ3) is 5.39. The van der Waals surface area contributed by atoms with E-state index in [0.29, 0.717) is 0 Å². The first-order valence-electron chi connectivity index (χ1n) is 7.57. The van der Waals surface area contributed by atoms with E-state index in [1.807, 2.05) is 0 Å².